The maximum atomic E-state index is 10.1. The van der Waals surface area contributed by atoms with Gasteiger partial charge in [-0.2, -0.15) is 0 Å². The van der Waals surface area contributed by atoms with Crippen molar-refractivity contribution in [3.8, 4) is 5.75 Å². The van der Waals surface area contributed by atoms with E-state index >= 15 is 0 Å². The van der Waals surface area contributed by atoms with Crippen LogP contribution >= 0.6 is 0 Å². The highest BCUT2D eigenvalue weighted by atomic mass is 16.5. The van der Waals surface area contributed by atoms with Gasteiger partial charge < -0.3 is 25.0 Å². The third kappa shape index (κ3) is 8.82. The summed E-state index contributed by atoms with van der Waals surface area (Å²) in [4.78, 5) is 20.5. The van der Waals surface area contributed by atoms with Gasteiger partial charge in [0.2, 0.25) is 0 Å². The summed E-state index contributed by atoms with van der Waals surface area (Å²) in [5.74, 6) is -1.96. The van der Waals surface area contributed by atoms with Crippen LogP contribution < -0.4 is 4.74 Å². The van der Waals surface area contributed by atoms with Gasteiger partial charge in [0.1, 0.15) is 18.5 Å². The number of hydrogen-bond acceptors (Lipinski definition) is 5. The van der Waals surface area contributed by atoms with E-state index in [2.05, 4.69) is 30.9 Å². The molecule has 2 rings (SSSR count). The number of likely N-dealkylation sites (tertiary alicyclic amines) is 1. The molecule has 1 fully saturated rings. The first-order chi connectivity index (χ1) is 12.3. The SMILES string of the molecule is CCc1cccc(OCC(O)CN2CCC(C)CC2)c1.O=C(O)C(=O)O. The van der Waals surface area contributed by atoms with Crippen LogP contribution in [0.2, 0.25) is 0 Å². The van der Waals surface area contributed by atoms with Gasteiger partial charge in [0.15, 0.2) is 0 Å². The van der Waals surface area contributed by atoms with Gasteiger partial charge in [-0.3, -0.25) is 0 Å². The van der Waals surface area contributed by atoms with Gasteiger partial charge in [-0.1, -0.05) is 26.0 Å². The Hall–Kier alpha value is -2.12. The zero-order chi connectivity index (χ0) is 19.5. The number of carboxylic acids is 2. The minimum absolute atomic E-state index is 0.374. The average molecular weight is 367 g/mol. The molecule has 0 spiro atoms. The van der Waals surface area contributed by atoms with Crippen molar-refractivity contribution in [1.29, 1.82) is 0 Å². The Morgan fingerprint density at radius 1 is 1.23 bits per heavy atom. The van der Waals surface area contributed by atoms with Crippen molar-refractivity contribution in [3.63, 3.8) is 0 Å². The molecule has 0 aromatic heterocycles. The Morgan fingerprint density at radius 2 is 1.85 bits per heavy atom. The Balaban J connectivity index is 0.000000487. The molecule has 1 aliphatic heterocycles. The molecule has 1 aromatic carbocycles. The number of ether oxygens (including phenoxy) is 1. The molecule has 7 heteroatoms. The lowest BCUT2D eigenvalue weighted by Crippen LogP contribution is -2.40. The van der Waals surface area contributed by atoms with Gasteiger partial charge >= 0.3 is 11.9 Å². The molecule has 0 saturated carbocycles. The predicted molar refractivity (Wildman–Crippen MR) is 97.4 cm³/mol. The smallest absolute Gasteiger partial charge is 0.414 e. The van der Waals surface area contributed by atoms with Crippen LogP contribution in [0.1, 0.15) is 32.3 Å². The van der Waals surface area contributed by atoms with Crippen molar-refractivity contribution in [1.82, 2.24) is 4.90 Å². The van der Waals surface area contributed by atoms with Crippen molar-refractivity contribution < 1.29 is 29.6 Å². The predicted octanol–water partition coefficient (Wildman–Crippen LogP) is 1.88. The highest BCUT2D eigenvalue weighted by molar-refractivity contribution is 6.27. The second kappa shape index (κ2) is 11.5. The minimum atomic E-state index is -1.82. The van der Waals surface area contributed by atoms with E-state index in [9.17, 15) is 5.11 Å². The van der Waals surface area contributed by atoms with E-state index in [-0.39, 0.29) is 0 Å². The molecule has 0 aliphatic carbocycles. The summed E-state index contributed by atoms with van der Waals surface area (Å²) in [5.41, 5.74) is 1.27. The molecule has 146 valence electrons. The first-order valence-corrected chi connectivity index (χ1v) is 8.90. The average Bonchev–Trinajstić information content (AvgIpc) is 2.62. The minimum Gasteiger partial charge on any atom is -0.491 e. The van der Waals surface area contributed by atoms with E-state index in [1.807, 2.05) is 12.1 Å². The third-order valence-corrected chi connectivity index (χ3v) is 4.28. The summed E-state index contributed by atoms with van der Waals surface area (Å²) in [6.07, 6.45) is 3.08. The van der Waals surface area contributed by atoms with E-state index in [0.29, 0.717) is 6.61 Å². The number of piperidine rings is 1. The Bertz CT molecular complexity index is 557. The second-order valence-corrected chi connectivity index (χ2v) is 6.56. The molecule has 0 amide bonds. The number of nitrogens with zero attached hydrogens (tertiary/aromatic N) is 1. The first kappa shape index (κ1) is 21.9. The number of aliphatic hydroxyl groups excluding tert-OH is 1. The number of aryl methyl sites for hydroxylation is 1. The van der Waals surface area contributed by atoms with Crippen LogP contribution in [0, 0.1) is 5.92 Å². The zero-order valence-corrected chi connectivity index (χ0v) is 15.4. The molecule has 0 bridgehead atoms. The van der Waals surface area contributed by atoms with Crippen LogP contribution in [0.3, 0.4) is 0 Å². The standard InChI is InChI=1S/C17H27NO2.C2H2O4/c1-3-15-5-4-6-17(11-15)20-13-16(19)12-18-9-7-14(2)8-10-18;3-1(4)2(5)6/h4-6,11,14,16,19H,3,7-10,12-13H2,1-2H3;(H,3,4)(H,5,6). The van der Waals surface area contributed by atoms with Gasteiger partial charge in [-0.05, 0) is 56.0 Å². The monoisotopic (exact) mass is 367 g/mol. The fraction of sp³-hybridized carbons (Fsp3) is 0.579. The van der Waals surface area contributed by atoms with Gasteiger partial charge in [0, 0.05) is 6.54 Å². The number of rotatable bonds is 6. The Kier molecular flexibility index (Phi) is 9.69. The van der Waals surface area contributed by atoms with Crippen molar-refractivity contribution in [2.45, 2.75) is 39.2 Å². The van der Waals surface area contributed by atoms with Gasteiger partial charge in [-0.15, -0.1) is 0 Å². The van der Waals surface area contributed by atoms with E-state index in [4.69, 9.17) is 24.5 Å². The maximum absolute atomic E-state index is 10.1. The number of benzene rings is 1. The van der Waals surface area contributed by atoms with Crippen LogP contribution in [-0.2, 0) is 16.0 Å². The lowest BCUT2D eigenvalue weighted by Gasteiger charge is -2.31. The van der Waals surface area contributed by atoms with Gasteiger partial charge in [0.25, 0.3) is 0 Å². The topological polar surface area (TPSA) is 107 Å². The number of aliphatic hydroxyl groups is 1. The molecule has 1 aromatic rings. The summed E-state index contributed by atoms with van der Waals surface area (Å²) in [7, 11) is 0. The summed E-state index contributed by atoms with van der Waals surface area (Å²) >= 11 is 0. The first-order valence-electron chi connectivity index (χ1n) is 8.90. The number of β-amino-alcohol motifs (C(OH)–C–C–N with tert-alkyl or cyclic N) is 1. The molecular weight excluding hydrogens is 338 g/mol. The molecule has 1 heterocycles. The van der Waals surface area contributed by atoms with E-state index in [1.165, 1.54) is 18.4 Å². The Morgan fingerprint density at radius 3 is 2.38 bits per heavy atom. The normalized spacial score (nSPS) is 16.3. The Labute approximate surface area is 154 Å². The molecule has 26 heavy (non-hydrogen) atoms. The summed E-state index contributed by atoms with van der Waals surface area (Å²) in [6, 6.07) is 8.11. The molecule has 1 unspecified atom stereocenters. The number of carbonyl (C=O) groups is 2. The molecule has 0 radical (unpaired) electrons. The van der Waals surface area contributed by atoms with E-state index in [1.54, 1.807) is 0 Å². The summed E-state index contributed by atoms with van der Waals surface area (Å²) in [5, 5.41) is 24.9. The molecule has 3 N–H and O–H groups in total. The maximum Gasteiger partial charge on any atom is 0.414 e. The third-order valence-electron chi connectivity index (χ3n) is 4.28. The molecular formula is C19H29NO6. The molecule has 1 saturated heterocycles. The summed E-state index contributed by atoms with van der Waals surface area (Å²) < 4.78 is 5.70. The van der Waals surface area contributed by atoms with E-state index < -0.39 is 18.0 Å². The quantitative estimate of drug-likeness (QED) is 0.659. The van der Waals surface area contributed by atoms with Crippen molar-refractivity contribution >= 4 is 11.9 Å². The van der Waals surface area contributed by atoms with Gasteiger partial charge in [0.05, 0.1) is 0 Å². The number of aliphatic carboxylic acids is 2. The van der Waals surface area contributed by atoms with Crippen LogP contribution in [0.5, 0.6) is 5.75 Å². The van der Waals surface area contributed by atoms with Crippen LogP contribution in [0.25, 0.3) is 0 Å². The molecule has 1 atom stereocenters. The van der Waals surface area contributed by atoms with Gasteiger partial charge in [-0.25, -0.2) is 9.59 Å². The van der Waals surface area contributed by atoms with E-state index in [0.717, 1.165) is 37.7 Å². The second-order valence-electron chi connectivity index (χ2n) is 6.56. The van der Waals surface area contributed by atoms with Crippen molar-refractivity contribution in [2.75, 3.05) is 26.2 Å². The zero-order valence-electron chi connectivity index (χ0n) is 15.4. The fourth-order valence-electron chi connectivity index (χ4n) is 2.64. The highest BCUT2D eigenvalue weighted by Crippen LogP contribution is 2.17. The van der Waals surface area contributed by atoms with Crippen molar-refractivity contribution in [3.05, 3.63) is 29.8 Å². The lowest BCUT2D eigenvalue weighted by atomic mass is 9.99. The fourth-order valence-corrected chi connectivity index (χ4v) is 2.64. The van der Waals surface area contributed by atoms with Crippen LogP contribution in [-0.4, -0.2) is 64.5 Å². The highest BCUT2D eigenvalue weighted by Gasteiger charge is 2.18. The number of hydrogen-bond donors (Lipinski definition) is 3. The lowest BCUT2D eigenvalue weighted by molar-refractivity contribution is -0.159. The van der Waals surface area contributed by atoms with Crippen LogP contribution in [0.15, 0.2) is 24.3 Å². The largest absolute Gasteiger partial charge is 0.491 e. The molecule has 1 aliphatic rings. The molecule has 7 nitrogen and oxygen atoms in total. The van der Waals surface area contributed by atoms with Crippen LogP contribution in [0.4, 0.5) is 0 Å². The van der Waals surface area contributed by atoms with Crippen molar-refractivity contribution in [2.24, 2.45) is 5.92 Å². The number of carboxylic acid groups (broad SMARTS) is 2. The summed E-state index contributed by atoms with van der Waals surface area (Å²) in [6.45, 7) is 7.73.